The molecule has 4 N–H and O–H groups in total. The van der Waals surface area contributed by atoms with Crippen LogP contribution in [-0.2, 0) is 9.59 Å². The van der Waals surface area contributed by atoms with Crippen LogP contribution in [0.4, 0.5) is 31.5 Å². The molecule has 0 aromatic heterocycles. The second-order valence-corrected chi connectivity index (χ2v) is 8.56. The maximum atomic E-state index is 14.1. The number of nitrogens with one attached hydrogen (secondary N) is 2. The number of benzene rings is 3. The van der Waals surface area contributed by atoms with Crippen LogP contribution in [-0.4, -0.2) is 17.9 Å². The molecule has 0 spiro atoms. The van der Waals surface area contributed by atoms with E-state index in [-0.39, 0.29) is 29.6 Å². The molecular weight excluding hydrogens is 438 g/mol. The number of hydrogen-bond donors (Lipinski definition) is 3. The maximum Gasteiger partial charge on any atom is 0.224 e. The first-order valence-electron chi connectivity index (χ1n) is 11.0. The van der Waals surface area contributed by atoms with Gasteiger partial charge in [0.25, 0.3) is 0 Å². The number of carbonyl (C=O) groups is 2. The monoisotopic (exact) mass is 464 g/mol. The van der Waals surface area contributed by atoms with Gasteiger partial charge in [-0.2, -0.15) is 0 Å². The number of fused-ring (bicyclic) bond motifs is 1. The molecule has 1 heterocycles. The van der Waals surface area contributed by atoms with Crippen molar-refractivity contribution in [3.8, 4) is 11.1 Å². The summed E-state index contributed by atoms with van der Waals surface area (Å²) in [5, 5.41) is 6.00. The Balaban J connectivity index is 1.77. The van der Waals surface area contributed by atoms with Crippen molar-refractivity contribution in [2.75, 3.05) is 21.3 Å². The van der Waals surface area contributed by atoms with Gasteiger partial charge in [0.05, 0.1) is 6.04 Å². The van der Waals surface area contributed by atoms with Crippen molar-refractivity contribution in [3.63, 3.8) is 0 Å². The number of nitrogens with zero attached hydrogens (tertiary/aromatic N) is 1. The molecule has 0 fully saturated rings. The number of hydrogen-bond acceptors (Lipinski definition) is 4. The first-order chi connectivity index (χ1) is 16.1. The van der Waals surface area contributed by atoms with Crippen LogP contribution < -0.4 is 21.3 Å². The van der Waals surface area contributed by atoms with Crippen molar-refractivity contribution in [1.29, 1.82) is 0 Å². The second-order valence-electron chi connectivity index (χ2n) is 8.56. The maximum absolute atomic E-state index is 14.1. The van der Waals surface area contributed by atoms with E-state index < -0.39 is 17.3 Å². The lowest BCUT2D eigenvalue weighted by molar-refractivity contribution is -0.117. The first-order valence-corrected chi connectivity index (χ1v) is 11.0. The number of anilines is 4. The largest absolute Gasteiger partial charge is 0.394 e. The Morgan fingerprint density at radius 1 is 0.971 bits per heavy atom. The van der Waals surface area contributed by atoms with Gasteiger partial charge in [0.1, 0.15) is 5.69 Å². The Labute approximate surface area is 196 Å². The van der Waals surface area contributed by atoms with E-state index in [0.29, 0.717) is 12.1 Å². The fourth-order valence-corrected chi connectivity index (χ4v) is 4.51. The molecule has 0 saturated carbocycles. The highest BCUT2D eigenvalue weighted by Gasteiger charge is 2.33. The van der Waals surface area contributed by atoms with Gasteiger partial charge in [-0.3, -0.25) is 9.59 Å². The highest BCUT2D eigenvalue weighted by Crippen LogP contribution is 2.41. The Hall–Kier alpha value is -3.94. The van der Waals surface area contributed by atoms with Crippen LogP contribution in [0.5, 0.6) is 0 Å². The Bertz CT molecular complexity index is 1250. The number of nitrogen functional groups attached to an aromatic ring is 1. The van der Waals surface area contributed by atoms with Gasteiger partial charge in [-0.25, -0.2) is 8.78 Å². The number of nitrogens with two attached hydrogens (primary N) is 1. The van der Waals surface area contributed by atoms with Gasteiger partial charge in [-0.05, 0) is 66.4 Å². The molecule has 176 valence electrons. The number of halogens is 2. The average Bonchev–Trinajstić information content (AvgIpc) is 2.76. The zero-order valence-corrected chi connectivity index (χ0v) is 19.2. The minimum atomic E-state index is -0.833. The number of rotatable bonds is 4. The molecule has 6 nitrogen and oxygen atoms in total. The zero-order chi connectivity index (χ0) is 24.6. The Morgan fingerprint density at radius 3 is 2.29 bits per heavy atom. The first kappa shape index (κ1) is 23.2. The molecule has 8 heteroatoms. The fourth-order valence-electron chi connectivity index (χ4n) is 4.51. The molecule has 0 radical (unpaired) electrons. The highest BCUT2D eigenvalue weighted by molar-refractivity contribution is 5.94. The van der Waals surface area contributed by atoms with E-state index in [1.54, 1.807) is 11.0 Å². The summed E-state index contributed by atoms with van der Waals surface area (Å²) in [5.74, 6) is -1.92. The standard InChI is InChI=1S/C26H26F2N4O2/c1-14-9-24(31-20-12-22(27)26(29)23(28)13-20)21-11-18(7-8-25(21)32(14)16(3)34)17-5-4-6-19(10-17)30-15(2)33/h4-8,10-14,24,31H,9,29H2,1-3H3,(H,30,33)/t14-,24+/m0/s1. The molecule has 1 aliphatic heterocycles. The van der Waals surface area contributed by atoms with E-state index in [2.05, 4.69) is 10.6 Å². The van der Waals surface area contributed by atoms with Crippen molar-refractivity contribution in [2.45, 2.75) is 39.3 Å². The molecular formula is C26H26F2N4O2. The SMILES string of the molecule is CC(=O)Nc1cccc(-c2ccc3c(c2)[C@H](Nc2cc(F)c(N)c(F)c2)C[C@H](C)N3C(C)=O)c1. The third-order valence-electron chi connectivity index (χ3n) is 5.96. The number of amides is 2. The second kappa shape index (κ2) is 9.13. The van der Waals surface area contributed by atoms with Gasteiger partial charge in [0.2, 0.25) is 11.8 Å². The Kier molecular flexibility index (Phi) is 6.24. The van der Waals surface area contributed by atoms with Gasteiger partial charge in [0.15, 0.2) is 11.6 Å². The lowest BCUT2D eigenvalue weighted by Crippen LogP contribution is -2.43. The van der Waals surface area contributed by atoms with Crippen LogP contribution in [0, 0.1) is 11.6 Å². The zero-order valence-electron chi connectivity index (χ0n) is 19.2. The quantitative estimate of drug-likeness (QED) is 0.447. The fraction of sp³-hybridized carbons (Fsp3) is 0.231. The summed E-state index contributed by atoms with van der Waals surface area (Å²) in [7, 11) is 0. The molecule has 0 saturated heterocycles. The molecule has 4 rings (SSSR count). The molecule has 3 aromatic rings. The summed E-state index contributed by atoms with van der Waals surface area (Å²) >= 11 is 0. The van der Waals surface area contributed by atoms with Gasteiger partial charge in [-0.1, -0.05) is 18.2 Å². The summed E-state index contributed by atoms with van der Waals surface area (Å²) in [5.41, 5.74) is 9.15. The van der Waals surface area contributed by atoms with Crippen LogP contribution in [0.15, 0.2) is 54.6 Å². The minimum absolute atomic E-state index is 0.0859. The van der Waals surface area contributed by atoms with Gasteiger partial charge in [0, 0.05) is 37.0 Å². The van der Waals surface area contributed by atoms with Crippen molar-refractivity contribution in [2.24, 2.45) is 0 Å². The molecule has 0 unspecified atom stereocenters. The average molecular weight is 465 g/mol. The van der Waals surface area contributed by atoms with E-state index in [1.165, 1.54) is 26.0 Å². The summed E-state index contributed by atoms with van der Waals surface area (Å²) in [6.07, 6.45) is 0.537. The molecule has 1 aliphatic rings. The third kappa shape index (κ3) is 4.57. The topological polar surface area (TPSA) is 87.5 Å². The lowest BCUT2D eigenvalue weighted by Gasteiger charge is -2.39. The predicted molar refractivity (Wildman–Crippen MR) is 131 cm³/mol. The van der Waals surface area contributed by atoms with Crippen LogP contribution in [0.2, 0.25) is 0 Å². The van der Waals surface area contributed by atoms with Crippen LogP contribution >= 0.6 is 0 Å². The van der Waals surface area contributed by atoms with Crippen molar-refractivity contribution >= 4 is 34.6 Å². The molecule has 2 atom stereocenters. The smallest absolute Gasteiger partial charge is 0.224 e. The van der Waals surface area contributed by atoms with Crippen LogP contribution in [0.25, 0.3) is 11.1 Å². The van der Waals surface area contributed by atoms with Gasteiger partial charge < -0.3 is 21.3 Å². The predicted octanol–water partition coefficient (Wildman–Crippen LogP) is 5.47. The van der Waals surface area contributed by atoms with E-state index in [0.717, 1.165) is 22.4 Å². The summed E-state index contributed by atoms with van der Waals surface area (Å²) < 4.78 is 28.1. The summed E-state index contributed by atoms with van der Waals surface area (Å²) in [6.45, 7) is 4.90. The van der Waals surface area contributed by atoms with Gasteiger partial charge in [-0.15, -0.1) is 0 Å². The summed E-state index contributed by atoms with van der Waals surface area (Å²) in [6, 6.07) is 15.1. The van der Waals surface area contributed by atoms with E-state index in [4.69, 9.17) is 5.73 Å². The molecule has 2 amide bonds. The lowest BCUT2D eigenvalue weighted by atomic mass is 9.88. The van der Waals surface area contributed by atoms with E-state index in [9.17, 15) is 18.4 Å². The van der Waals surface area contributed by atoms with Crippen molar-refractivity contribution in [3.05, 3.63) is 71.8 Å². The molecule has 34 heavy (non-hydrogen) atoms. The third-order valence-corrected chi connectivity index (χ3v) is 5.96. The minimum Gasteiger partial charge on any atom is -0.394 e. The van der Waals surface area contributed by atoms with Crippen LogP contribution in [0.3, 0.4) is 0 Å². The normalized spacial score (nSPS) is 17.1. The highest BCUT2D eigenvalue weighted by atomic mass is 19.1. The summed E-state index contributed by atoms with van der Waals surface area (Å²) in [4.78, 5) is 25.6. The van der Waals surface area contributed by atoms with E-state index >= 15 is 0 Å². The van der Waals surface area contributed by atoms with Crippen molar-refractivity contribution < 1.29 is 18.4 Å². The molecule has 3 aromatic carbocycles. The van der Waals surface area contributed by atoms with Crippen molar-refractivity contribution in [1.82, 2.24) is 0 Å². The van der Waals surface area contributed by atoms with Gasteiger partial charge >= 0.3 is 0 Å². The molecule has 0 aliphatic carbocycles. The van der Waals surface area contributed by atoms with Crippen LogP contribution in [0.1, 0.15) is 38.8 Å². The molecule has 0 bridgehead atoms. The Morgan fingerprint density at radius 2 is 1.65 bits per heavy atom. The number of carbonyl (C=O) groups excluding carboxylic acids is 2. The van der Waals surface area contributed by atoms with E-state index in [1.807, 2.05) is 43.3 Å².